The van der Waals surface area contributed by atoms with E-state index in [1.807, 2.05) is 18.2 Å². The first-order valence-corrected chi connectivity index (χ1v) is 8.92. The van der Waals surface area contributed by atoms with Gasteiger partial charge < -0.3 is 25.2 Å². The molecule has 1 aliphatic rings. The number of nitrogens with one attached hydrogen (secondary N) is 1. The Morgan fingerprint density at radius 3 is 2.50 bits per heavy atom. The molecule has 0 aliphatic carbocycles. The van der Waals surface area contributed by atoms with Gasteiger partial charge in [0.15, 0.2) is 0 Å². The molecule has 144 valence electrons. The van der Waals surface area contributed by atoms with Crippen LogP contribution in [0.2, 0.25) is 0 Å². The number of amides is 2. The Labute approximate surface area is 154 Å². The van der Waals surface area contributed by atoms with E-state index >= 15 is 0 Å². The third-order valence-corrected chi connectivity index (χ3v) is 5.09. The fraction of sp³-hybridized carbons (Fsp3) is 0.579. The minimum absolute atomic E-state index is 0.267. The Hall–Kier alpha value is -2.12. The molecule has 7 heteroatoms. The maximum absolute atomic E-state index is 12.7. The van der Waals surface area contributed by atoms with Gasteiger partial charge in [0, 0.05) is 13.7 Å². The van der Waals surface area contributed by atoms with E-state index < -0.39 is 30.3 Å². The summed E-state index contributed by atoms with van der Waals surface area (Å²) in [7, 11) is 1.50. The highest BCUT2D eigenvalue weighted by Gasteiger charge is 2.40. The Morgan fingerprint density at radius 1 is 1.27 bits per heavy atom. The molecular weight excluding hydrogens is 336 g/mol. The van der Waals surface area contributed by atoms with Crippen molar-refractivity contribution >= 4 is 12.0 Å². The van der Waals surface area contributed by atoms with E-state index in [2.05, 4.69) is 5.32 Å². The van der Waals surface area contributed by atoms with Crippen LogP contribution in [0.4, 0.5) is 4.79 Å². The van der Waals surface area contributed by atoms with Crippen LogP contribution in [-0.2, 0) is 9.53 Å². The summed E-state index contributed by atoms with van der Waals surface area (Å²) < 4.78 is 5.50. The van der Waals surface area contributed by atoms with Gasteiger partial charge in [-0.3, -0.25) is 4.79 Å². The average Bonchev–Trinajstić information content (AvgIpc) is 3.12. The highest BCUT2D eigenvalue weighted by molar-refractivity contribution is 5.79. The smallest absolute Gasteiger partial charge is 0.407 e. The predicted molar refractivity (Wildman–Crippen MR) is 96.7 cm³/mol. The number of hydrogen-bond donors (Lipinski definition) is 3. The summed E-state index contributed by atoms with van der Waals surface area (Å²) in [6.07, 6.45) is -0.918. The van der Waals surface area contributed by atoms with E-state index in [0.29, 0.717) is 13.0 Å². The van der Waals surface area contributed by atoms with Gasteiger partial charge in [-0.2, -0.15) is 0 Å². The van der Waals surface area contributed by atoms with Gasteiger partial charge in [-0.15, -0.1) is 0 Å². The lowest BCUT2D eigenvalue weighted by atomic mass is 9.94. The number of hydrogen-bond acceptors (Lipinski definition) is 4. The molecule has 5 atom stereocenters. The summed E-state index contributed by atoms with van der Waals surface area (Å²) in [5, 5.41) is 22.6. The van der Waals surface area contributed by atoms with Crippen LogP contribution in [0.5, 0.6) is 0 Å². The van der Waals surface area contributed by atoms with Crippen LogP contribution in [0.15, 0.2) is 30.3 Å². The van der Waals surface area contributed by atoms with Crippen LogP contribution in [-0.4, -0.2) is 59.0 Å². The second kappa shape index (κ2) is 9.00. The number of aliphatic hydroxyl groups is 1. The maximum atomic E-state index is 12.7. The van der Waals surface area contributed by atoms with Crippen molar-refractivity contribution < 1.29 is 24.5 Å². The van der Waals surface area contributed by atoms with E-state index in [1.165, 1.54) is 12.0 Å². The lowest BCUT2D eigenvalue weighted by molar-refractivity contribution is -0.132. The van der Waals surface area contributed by atoms with Gasteiger partial charge in [0.05, 0.1) is 30.2 Å². The molecule has 1 saturated heterocycles. The SMILES string of the molecule is CO[C@@H](C1CCCN1C(=O)O)[C@@H](C)C(=O)N[C@H](C)[C@@H](O)c1ccccc1. The molecule has 2 rings (SSSR count). The molecule has 0 bridgehead atoms. The van der Waals surface area contributed by atoms with Crippen molar-refractivity contribution in [3.63, 3.8) is 0 Å². The first kappa shape index (κ1) is 20.2. The van der Waals surface area contributed by atoms with Crippen LogP contribution < -0.4 is 5.32 Å². The number of benzene rings is 1. The van der Waals surface area contributed by atoms with Gasteiger partial charge in [0.2, 0.25) is 5.91 Å². The summed E-state index contributed by atoms with van der Waals surface area (Å²) in [5.74, 6) is -0.813. The second-order valence-corrected chi connectivity index (χ2v) is 6.83. The van der Waals surface area contributed by atoms with Crippen molar-refractivity contribution in [1.29, 1.82) is 0 Å². The summed E-state index contributed by atoms with van der Waals surface area (Å²) in [4.78, 5) is 25.4. The van der Waals surface area contributed by atoms with Crippen molar-refractivity contribution in [2.45, 2.75) is 51.0 Å². The average molecular weight is 364 g/mol. The molecule has 1 unspecified atom stereocenters. The van der Waals surface area contributed by atoms with E-state index in [1.54, 1.807) is 26.0 Å². The van der Waals surface area contributed by atoms with Crippen molar-refractivity contribution in [3.8, 4) is 0 Å². The van der Waals surface area contributed by atoms with Crippen molar-refractivity contribution in [1.82, 2.24) is 10.2 Å². The molecule has 1 fully saturated rings. The van der Waals surface area contributed by atoms with Crippen LogP contribution in [0.3, 0.4) is 0 Å². The number of rotatable bonds is 7. The molecule has 0 spiro atoms. The number of likely N-dealkylation sites (tertiary alicyclic amines) is 1. The summed E-state index contributed by atoms with van der Waals surface area (Å²) in [6.45, 7) is 3.92. The molecule has 1 aromatic carbocycles. The van der Waals surface area contributed by atoms with Gasteiger partial charge >= 0.3 is 6.09 Å². The molecule has 2 amide bonds. The van der Waals surface area contributed by atoms with Crippen molar-refractivity contribution in [2.24, 2.45) is 5.92 Å². The molecule has 1 aromatic rings. The third kappa shape index (κ3) is 4.53. The Kier molecular flexibility index (Phi) is 6.99. The van der Waals surface area contributed by atoms with Crippen molar-refractivity contribution in [2.75, 3.05) is 13.7 Å². The Balaban J connectivity index is 2.01. The molecule has 3 N–H and O–H groups in total. The lowest BCUT2D eigenvalue weighted by Crippen LogP contribution is -2.51. The van der Waals surface area contributed by atoms with Crippen LogP contribution in [0.25, 0.3) is 0 Å². The number of aliphatic hydroxyl groups excluding tert-OH is 1. The zero-order valence-corrected chi connectivity index (χ0v) is 15.5. The standard InChI is InChI=1S/C19H28N2O5/c1-12(17(26-3)15-10-7-11-21(15)19(24)25)18(23)20-13(2)16(22)14-8-5-4-6-9-14/h4-6,8-9,12-13,15-17,22H,7,10-11H2,1-3H3,(H,20,23)(H,24,25)/t12-,13-,15?,16-,17-/m1/s1. The third-order valence-electron chi connectivity index (χ3n) is 5.09. The van der Waals surface area contributed by atoms with E-state index in [9.17, 15) is 19.8 Å². The number of carbonyl (C=O) groups is 2. The Morgan fingerprint density at radius 2 is 1.92 bits per heavy atom. The van der Waals surface area contributed by atoms with Gasteiger partial charge in [0.1, 0.15) is 0 Å². The van der Waals surface area contributed by atoms with Crippen molar-refractivity contribution in [3.05, 3.63) is 35.9 Å². The first-order chi connectivity index (χ1) is 12.4. The molecule has 0 aromatic heterocycles. The molecule has 0 saturated carbocycles. The highest BCUT2D eigenvalue weighted by Crippen LogP contribution is 2.26. The van der Waals surface area contributed by atoms with E-state index in [-0.39, 0.29) is 11.9 Å². The van der Waals surface area contributed by atoms with Gasteiger partial charge in [-0.05, 0) is 25.3 Å². The molecular formula is C19H28N2O5. The summed E-state index contributed by atoms with van der Waals surface area (Å²) in [5.41, 5.74) is 0.726. The number of carbonyl (C=O) groups excluding carboxylic acids is 1. The molecule has 0 radical (unpaired) electrons. The van der Waals surface area contributed by atoms with Gasteiger partial charge in [0.25, 0.3) is 0 Å². The fourth-order valence-corrected chi connectivity index (χ4v) is 3.59. The van der Waals surface area contributed by atoms with Crippen LogP contribution in [0, 0.1) is 5.92 Å². The summed E-state index contributed by atoms with van der Waals surface area (Å²) in [6, 6.07) is 8.31. The maximum Gasteiger partial charge on any atom is 0.407 e. The minimum Gasteiger partial charge on any atom is -0.465 e. The quantitative estimate of drug-likeness (QED) is 0.687. The fourth-order valence-electron chi connectivity index (χ4n) is 3.59. The summed E-state index contributed by atoms with van der Waals surface area (Å²) >= 11 is 0. The normalized spacial score (nSPS) is 21.7. The number of methoxy groups -OCH3 is 1. The van der Waals surface area contributed by atoms with Gasteiger partial charge in [-0.1, -0.05) is 37.3 Å². The zero-order chi connectivity index (χ0) is 19.3. The largest absolute Gasteiger partial charge is 0.465 e. The second-order valence-electron chi connectivity index (χ2n) is 6.83. The number of ether oxygens (including phenoxy) is 1. The topological polar surface area (TPSA) is 99.1 Å². The molecule has 26 heavy (non-hydrogen) atoms. The van der Waals surface area contributed by atoms with Crippen LogP contribution in [0.1, 0.15) is 38.4 Å². The first-order valence-electron chi connectivity index (χ1n) is 8.92. The Bertz CT molecular complexity index is 609. The molecule has 7 nitrogen and oxygen atoms in total. The monoisotopic (exact) mass is 364 g/mol. The lowest BCUT2D eigenvalue weighted by Gasteiger charge is -2.33. The minimum atomic E-state index is -0.991. The highest BCUT2D eigenvalue weighted by atomic mass is 16.5. The van der Waals surface area contributed by atoms with E-state index in [0.717, 1.165) is 12.0 Å². The molecule has 1 heterocycles. The van der Waals surface area contributed by atoms with E-state index in [4.69, 9.17) is 4.74 Å². The molecule has 1 aliphatic heterocycles. The zero-order valence-electron chi connectivity index (χ0n) is 15.5. The number of nitrogens with zero attached hydrogens (tertiary/aromatic N) is 1. The van der Waals surface area contributed by atoms with Crippen LogP contribution >= 0.6 is 0 Å². The van der Waals surface area contributed by atoms with Gasteiger partial charge in [-0.25, -0.2) is 4.79 Å². The number of carboxylic acid groups (broad SMARTS) is 1. The predicted octanol–water partition coefficient (Wildman–Crippen LogP) is 2.02.